The molecule has 0 saturated heterocycles. The maximum atomic E-state index is 14.8. The number of rotatable bonds is 12. The average molecular weight is 494 g/mol. The molecule has 2 aromatic heterocycles. The topological polar surface area (TPSA) is 62.5 Å². The van der Waals surface area contributed by atoms with E-state index < -0.39 is 0 Å². The van der Waals surface area contributed by atoms with E-state index in [1.165, 1.54) is 24.2 Å². The highest BCUT2D eigenvalue weighted by molar-refractivity contribution is 7.23. The van der Waals surface area contributed by atoms with Crippen LogP contribution < -0.4 is 5.32 Å². The molecule has 0 atom stereocenters. The Labute approximate surface area is 209 Å². The lowest BCUT2D eigenvalue weighted by Crippen LogP contribution is -2.24. The number of nitrogens with zero attached hydrogens (tertiary/aromatic N) is 4. The Morgan fingerprint density at radius 3 is 2.74 bits per heavy atom. The van der Waals surface area contributed by atoms with Crippen LogP contribution >= 0.6 is 11.3 Å². The van der Waals surface area contributed by atoms with E-state index in [1.807, 2.05) is 24.3 Å². The normalized spacial score (nSPS) is 13.9. The lowest BCUT2D eigenvalue weighted by molar-refractivity contribution is 0.0978. The zero-order chi connectivity index (χ0) is 24.4. The van der Waals surface area contributed by atoms with Crippen LogP contribution in [0.4, 0.5) is 4.39 Å². The maximum absolute atomic E-state index is 14.8. The van der Waals surface area contributed by atoms with E-state index in [0.717, 1.165) is 53.8 Å². The number of halogens is 1. The minimum absolute atomic E-state index is 0.171. The molecule has 0 aliphatic heterocycles. The monoisotopic (exact) mass is 493 g/mol. The molecular formula is C27H32FN5OS. The fourth-order valence-electron chi connectivity index (χ4n) is 4.38. The van der Waals surface area contributed by atoms with E-state index in [0.29, 0.717) is 35.4 Å². The van der Waals surface area contributed by atoms with Gasteiger partial charge < -0.3 is 10.2 Å². The van der Waals surface area contributed by atoms with Crippen LogP contribution in [0.5, 0.6) is 0 Å². The SMILES string of the molecule is CCN(CC)CCCCC(=O)c1ccc2c(c1)sc1nc(-c3ccc(CNC4CC4)cc3F)nn12. The van der Waals surface area contributed by atoms with Crippen molar-refractivity contribution < 1.29 is 9.18 Å². The molecule has 0 unspecified atom stereocenters. The molecule has 1 saturated carbocycles. The summed E-state index contributed by atoms with van der Waals surface area (Å²) in [6.45, 7) is 8.14. The van der Waals surface area contributed by atoms with Gasteiger partial charge in [0, 0.05) is 24.6 Å². The van der Waals surface area contributed by atoms with Crippen molar-refractivity contribution in [3.05, 3.63) is 53.3 Å². The van der Waals surface area contributed by atoms with E-state index >= 15 is 0 Å². The number of hydrogen-bond acceptors (Lipinski definition) is 6. The molecule has 1 fully saturated rings. The number of aromatic nitrogens is 3. The van der Waals surface area contributed by atoms with Gasteiger partial charge in [0.1, 0.15) is 5.82 Å². The first-order valence-electron chi connectivity index (χ1n) is 12.6. The van der Waals surface area contributed by atoms with Crippen molar-refractivity contribution in [1.29, 1.82) is 0 Å². The van der Waals surface area contributed by atoms with Crippen LogP contribution in [0.15, 0.2) is 36.4 Å². The van der Waals surface area contributed by atoms with E-state index in [4.69, 9.17) is 0 Å². The summed E-state index contributed by atoms with van der Waals surface area (Å²) >= 11 is 1.47. The summed E-state index contributed by atoms with van der Waals surface area (Å²) in [5.41, 5.74) is 2.94. The molecule has 0 spiro atoms. The van der Waals surface area contributed by atoms with E-state index in [-0.39, 0.29) is 11.6 Å². The third-order valence-corrected chi connectivity index (χ3v) is 7.75. The lowest BCUT2D eigenvalue weighted by Gasteiger charge is -2.17. The van der Waals surface area contributed by atoms with Gasteiger partial charge in [0.15, 0.2) is 11.6 Å². The molecule has 0 radical (unpaired) electrons. The van der Waals surface area contributed by atoms with Gasteiger partial charge in [-0.1, -0.05) is 31.3 Å². The van der Waals surface area contributed by atoms with Crippen molar-refractivity contribution in [2.45, 2.75) is 58.5 Å². The molecule has 0 amide bonds. The largest absolute Gasteiger partial charge is 0.310 e. The molecule has 6 nitrogen and oxygen atoms in total. The summed E-state index contributed by atoms with van der Waals surface area (Å²) in [6, 6.07) is 11.6. The number of ketones is 1. The number of hydrogen-bond donors (Lipinski definition) is 1. The number of nitrogens with one attached hydrogen (secondary N) is 1. The van der Waals surface area contributed by atoms with Crippen LogP contribution in [-0.2, 0) is 6.54 Å². The van der Waals surface area contributed by atoms with Crippen LogP contribution in [0.1, 0.15) is 61.9 Å². The van der Waals surface area contributed by atoms with Crippen LogP contribution in [0.25, 0.3) is 26.6 Å². The van der Waals surface area contributed by atoms with Gasteiger partial charge in [-0.3, -0.25) is 4.79 Å². The highest BCUT2D eigenvalue weighted by Crippen LogP contribution is 2.30. The quantitative estimate of drug-likeness (QED) is 0.203. The van der Waals surface area contributed by atoms with E-state index in [1.54, 1.807) is 16.6 Å². The predicted molar refractivity (Wildman–Crippen MR) is 140 cm³/mol. The van der Waals surface area contributed by atoms with Crippen molar-refractivity contribution in [3.8, 4) is 11.4 Å². The first kappa shape index (κ1) is 24.0. The standard InChI is InChI=1S/C27H32FN5OS/c1-3-32(4-2)14-6-5-7-24(34)19-9-13-23-25(16-19)35-27-30-26(31-33(23)27)21-12-8-18(15-22(21)28)17-29-20-10-11-20/h8-9,12-13,15-16,20,29H,3-7,10-11,14,17H2,1-2H3. The van der Waals surface area contributed by atoms with Crippen molar-refractivity contribution in [3.63, 3.8) is 0 Å². The van der Waals surface area contributed by atoms with Gasteiger partial charge in [-0.2, -0.15) is 4.98 Å². The van der Waals surface area contributed by atoms with Gasteiger partial charge in [0.25, 0.3) is 0 Å². The van der Waals surface area contributed by atoms with Gasteiger partial charge in [0.05, 0.1) is 15.8 Å². The van der Waals surface area contributed by atoms with Crippen LogP contribution in [-0.4, -0.2) is 51.0 Å². The number of carbonyl (C=O) groups excluding carboxylic acids is 1. The average Bonchev–Trinajstić information content (AvgIpc) is 3.51. The number of carbonyl (C=O) groups is 1. The second kappa shape index (κ2) is 10.5. The highest BCUT2D eigenvalue weighted by atomic mass is 32.1. The molecular weight excluding hydrogens is 461 g/mol. The van der Waals surface area contributed by atoms with Gasteiger partial charge >= 0.3 is 0 Å². The minimum Gasteiger partial charge on any atom is -0.310 e. The smallest absolute Gasteiger partial charge is 0.213 e. The van der Waals surface area contributed by atoms with Gasteiger partial charge in [-0.15, -0.1) is 5.10 Å². The second-order valence-electron chi connectivity index (χ2n) is 9.29. The van der Waals surface area contributed by atoms with Gasteiger partial charge in [-0.25, -0.2) is 8.91 Å². The summed E-state index contributed by atoms with van der Waals surface area (Å²) in [7, 11) is 0. The summed E-state index contributed by atoms with van der Waals surface area (Å²) in [5, 5.41) is 7.99. The van der Waals surface area contributed by atoms with Crippen LogP contribution in [0.2, 0.25) is 0 Å². The summed E-state index contributed by atoms with van der Waals surface area (Å²) in [5.74, 6) is 0.242. The van der Waals surface area contributed by atoms with Crippen LogP contribution in [0.3, 0.4) is 0 Å². The Bertz CT molecular complexity index is 1340. The summed E-state index contributed by atoms with van der Waals surface area (Å²) in [4.78, 5) is 20.4. The molecule has 35 heavy (non-hydrogen) atoms. The molecule has 184 valence electrons. The number of unbranched alkanes of at least 4 members (excludes halogenated alkanes) is 1. The van der Waals surface area contributed by atoms with E-state index in [2.05, 4.69) is 34.1 Å². The summed E-state index contributed by atoms with van der Waals surface area (Å²) in [6.07, 6.45) is 4.90. The Morgan fingerprint density at radius 2 is 2.00 bits per heavy atom. The van der Waals surface area contributed by atoms with Crippen molar-refractivity contribution in [2.24, 2.45) is 0 Å². The molecule has 2 heterocycles. The molecule has 5 rings (SSSR count). The Hall–Kier alpha value is -2.68. The minimum atomic E-state index is -0.309. The number of fused-ring (bicyclic) bond motifs is 3. The fourth-order valence-corrected chi connectivity index (χ4v) is 5.38. The Morgan fingerprint density at radius 1 is 1.17 bits per heavy atom. The fraction of sp³-hybridized carbons (Fsp3) is 0.444. The van der Waals surface area contributed by atoms with E-state index in [9.17, 15) is 9.18 Å². The highest BCUT2D eigenvalue weighted by Gasteiger charge is 2.21. The first-order chi connectivity index (χ1) is 17.1. The molecule has 8 heteroatoms. The zero-order valence-electron chi connectivity index (χ0n) is 20.4. The molecule has 0 bridgehead atoms. The number of Topliss-reactive ketones (excluding diaryl/α,β-unsaturated/α-hetero) is 1. The van der Waals surface area contributed by atoms with Crippen LogP contribution in [0, 0.1) is 5.82 Å². The van der Waals surface area contributed by atoms with Crippen molar-refractivity contribution in [2.75, 3.05) is 19.6 Å². The number of benzene rings is 2. The first-order valence-corrected chi connectivity index (χ1v) is 13.4. The number of thiazole rings is 1. The van der Waals surface area contributed by atoms with Crippen molar-refractivity contribution in [1.82, 2.24) is 24.8 Å². The van der Waals surface area contributed by atoms with Gasteiger partial charge in [-0.05, 0) is 81.2 Å². The summed E-state index contributed by atoms with van der Waals surface area (Å²) < 4.78 is 17.5. The maximum Gasteiger partial charge on any atom is 0.213 e. The predicted octanol–water partition coefficient (Wildman–Crippen LogP) is 5.70. The molecule has 1 N–H and O–H groups in total. The van der Waals surface area contributed by atoms with Crippen molar-refractivity contribution >= 4 is 32.3 Å². The zero-order valence-corrected chi connectivity index (χ0v) is 21.2. The third-order valence-electron chi connectivity index (χ3n) is 6.76. The third kappa shape index (κ3) is 5.44. The molecule has 2 aromatic carbocycles. The molecule has 1 aliphatic rings. The van der Waals surface area contributed by atoms with Gasteiger partial charge in [0.2, 0.25) is 4.96 Å². The Balaban J connectivity index is 1.28. The Kier molecular flexibility index (Phi) is 7.22. The second-order valence-corrected chi connectivity index (χ2v) is 10.3. The molecule has 1 aliphatic carbocycles. The molecule has 4 aromatic rings. The lowest BCUT2D eigenvalue weighted by atomic mass is 10.1.